The van der Waals surface area contributed by atoms with E-state index in [0.717, 1.165) is 26.1 Å². The van der Waals surface area contributed by atoms with Crippen molar-refractivity contribution in [1.82, 2.24) is 10.2 Å². The lowest BCUT2D eigenvalue weighted by Crippen LogP contribution is -2.47. The third kappa shape index (κ3) is 3.57. The second-order valence-corrected chi connectivity index (χ2v) is 5.64. The smallest absolute Gasteiger partial charge is 0.0966 e. The standard InChI is InChI=1S/C16H23N3/c1-2-6-14(7-3-1)12-19-11-5-8-15(13-19)18-16-9-4-10-17-16/h1-3,6-7,15H,4-5,8-13H2,(H,17,18). The van der Waals surface area contributed by atoms with Gasteiger partial charge >= 0.3 is 0 Å². The number of piperidine rings is 1. The maximum Gasteiger partial charge on any atom is 0.0966 e. The summed E-state index contributed by atoms with van der Waals surface area (Å²) in [6.07, 6.45) is 4.94. The van der Waals surface area contributed by atoms with Crippen molar-refractivity contribution in [2.75, 3.05) is 19.6 Å². The van der Waals surface area contributed by atoms with Gasteiger partial charge in [-0.1, -0.05) is 30.3 Å². The van der Waals surface area contributed by atoms with Crippen LogP contribution in [0.1, 0.15) is 31.2 Å². The van der Waals surface area contributed by atoms with Gasteiger partial charge in [0.05, 0.1) is 5.84 Å². The first-order chi connectivity index (χ1) is 9.40. The number of amidine groups is 1. The number of benzene rings is 1. The fraction of sp³-hybridized carbons (Fsp3) is 0.562. The summed E-state index contributed by atoms with van der Waals surface area (Å²) in [6, 6.07) is 11.4. The van der Waals surface area contributed by atoms with Crippen LogP contribution in [0.5, 0.6) is 0 Å². The van der Waals surface area contributed by atoms with Crippen LogP contribution in [0.2, 0.25) is 0 Å². The second kappa shape index (κ2) is 6.20. The molecule has 3 nitrogen and oxygen atoms in total. The van der Waals surface area contributed by atoms with E-state index in [2.05, 4.69) is 45.5 Å². The van der Waals surface area contributed by atoms with Gasteiger partial charge in [-0.3, -0.25) is 9.89 Å². The molecule has 102 valence electrons. The molecule has 0 radical (unpaired) electrons. The van der Waals surface area contributed by atoms with Crippen LogP contribution >= 0.6 is 0 Å². The van der Waals surface area contributed by atoms with Crippen LogP contribution in [-0.2, 0) is 6.54 Å². The summed E-state index contributed by atoms with van der Waals surface area (Å²) in [7, 11) is 0. The molecule has 0 amide bonds. The summed E-state index contributed by atoms with van der Waals surface area (Å²) in [5.74, 6) is 1.24. The molecule has 0 bridgehead atoms. The van der Waals surface area contributed by atoms with Crippen LogP contribution in [0.25, 0.3) is 0 Å². The minimum atomic E-state index is 0.592. The molecule has 1 aromatic carbocycles. The molecule has 2 aliphatic heterocycles. The quantitative estimate of drug-likeness (QED) is 0.900. The van der Waals surface area contributed by atoms with E-state index in [4.69, 9.17) is 0 Å². The van der Waals surface area contributed by atoms with E-state index < -0.39 is 0 Å². The molecule has 1 saturated heterocycles. The fourth-order valence-corrected chi connectivity index (χ4v) is 3.05. The summed E-state index contributed by atoms with van der Waals surface area (Å²) in [6.45, 7) is 4.46. The van der Waals surface area contributed by atoms with Gasteiger partial charge in [0.15, 0.2) is 0 Å². The Hall–Kier alpha value is -1.35. The largest absolute Gasteiger partial charge is 0.370 e. The molecule has 1 aromatic rings. The van der Waals surface area contributed by atoms with Gasteiger partial charge in [-0.2, -0.15) is 0 Å². The number of aliphatic imine (C=N–C) groups is 1. The molecule has 1 unspecified atom stereocenters. The fourth-order valence-electron chi connectivity index (χ4n) is 3.05. The van der Waals surface area contributed by atoms with Gasteiger partial charge in [-0.25, -0.2) is 0 Å². The Balaban J connectivity index is 1.53. The molecule has 19 heavy (non-hydrogen) atoms. The molecule has 1 N–H and O–H groups in total. The van der Waals surface area contributed by atoms with Gasteiger partial charge in [0.2, 0.25) is 0 Å². The Labute approximate surface area is 115 Å². The third-order valence-corrected chi connectivity index (χ3v) is 4.00. The Bertz CT molecular complexity index is 427. The lowest BCUT2D eigenvalue weighted by Gasteiger charge is -2.33. The molecule has 1 fully saturated rings. The average molecular weight is 257 g/mol. The maximum atomic E-state index is 4.53. The molecule has 3 rings (SSSR count). The van der Waals surface area contributed by atoms with Crippen molar-refractivity contribution in [3.05, 3.63) is 35.9 Å². The third-order valence-electron chi connectivity index (χ3n) is 4.00. The zero-order chi connectivity index (χ0) is 12.9. The number of nitrogens with zero attached hydrogens (tertiary/aromatic N) is 2. The Kier molecular flexibility index (Phi) is 4.13. The number of hydrogen-bond acceptors (Lipinski definition) is 3. The van der Waals surface area contributed by atoms with Gasteiger partial charge in [0, 0.05) is 32.1 Å². The Morgan fingerprint density at radius 2 is 2.11 bits per heavy atom. The summed E-state index contributed by atoms with van der Waals surface area (Å²) in [5, 5.41) is 3.64. The van der Waals surface area contributed by atoms with Gasteiger partial charge in [-0.15, -0.1) is 0 Å². The molecule has 1 atom stereocenters. The molecule has 0 aromatic heterocycles. The van der Waals surface area contributed by atoms with Crippen LogP contribution < -0.4 is 5.32 Å². The minimum Gasteiger partial charge on any atom is -0.370 e. The lowest BCUT2D eigenvalue weighted by atomic mass is 10.0. The number of hydrogen-bond donors (Lipinski definition) is 1. The van der Waals surface area contributed by atoms with Crippen LogP contribution in [0, 0.1) is 0 Å². The Morgan fingerprint density at radius 3 is 2.89 bits per heavy atom. The van der Waals surface area contributed by atoms with Crippen LogP contribution in [0.3, 0.4) is 0 Å². The molecular formula is C16H23N3. The molecule has 2 aliphatic rings. The van der Waals surface area contributed by atoms with Crippen molar-refractivity contribution >= 4 is 5.84 Å². The van der Waals surface area contributed by atoms with Crippen molar-refractivity contribution in [2.24, 2.45) is 4.99 Å². The monoisotopic (exact) mass is 257 g/mol. The van der Waals surface area contributed by atoms with Crippen LogP contribution in [0.4, 0.5) is 0 Å². The second-order valence-electron chi connectivity index (χ2n) is 5.64. The van der Waals surface area contributed by atoms with Crippen molar-refractivity contribution in [2.45, 2.75) is 38.3 Å². The first-order valence-electron chi connectivity index (χ1n) is 7.46. The zero-order valence-electron chi connectivity index (χ0n) is 11.5. The van der Waals surface area contributed by atoms with Crippen LogP contribution in [0.15, 0.2) is 35.3 Å². The highest BCUT2D eigenvalue weighted by molar-refractivity contribution is 5.83. The highest BCUT2D eigenvalue weighted by Crippen LogP contribution is 2.14. The predicted molar refractivity (Wildman–Crippen MR) is 79.4 cm³/mol. The number of nitrogens with one attached hydrogen (secondary N) is 1. The molecular weight excluding hydrogens is 234 g/mol. The van der Waals surface area contributed by atoms with Gasteiger partial charge in [-0.05, 0) is 31.4 Å². The van der Waals surface area contributed by atoms with E-state index in [1.807, 2.05) is 0 Å². The topological polar surface area (TPSA) is 27.6 Å². The van der Waals surface area contributed by atoms with E-state index in [0.29, 0.717) is 6.04 Å². The summed E-state index contributed by atoms with van der Waals surface area (Å²) >= 11 is 0. The van der Waals surface area contributed by atoms with Crippen molar-refractivity contribution in [3.8, 4) is 0 Å². The number of likely N-dealkylation sites (tertiary alicyclic amines) is 1. The maximum absolute atomic E-state index is 4.53. The number of rotatable bonds is 3. The normalized spacial score (nSPS) is 24.2. The van der Waals surface area contributed by atoms with Crippen molar-refractivity contribution in [3.63, 3.8) is 0 Å². The molecule has 0 saturated carbocycles. The van der Waals surface area contributed by atoms with E-state index in [9.17, 15) is 0 Å². The zero-order valence-corrected chi connectivity index (χ0v) is 11.5. The van der Waals surface area contributed by atoms with E-state index >= 15 is 0 Å². The highest BCUT2D eigenvalue weighted by atomic mass is 15.2. The predicted octanol–water partition coefficient (Wildman–Crippen LogP) is 2.43. The minimum absolute atomic E-state index is 0.592. The van der Waals surface area contributed by atoms with E-state index in [-0.39, 0.29) is 0 Å². The van der Waals surface area contributed by atoms with Gasteiger partial charge in [0.25, 0.3) is 0 Å². The lowest BCUT2D eigenvalue weighted by molar-refractivity contribution is 0.193. The van der Waals surface area contributed by atoms with Crippen molar-refractivity contribution < 1.29 is 0 Å². The molecule has 3 heteroatoms. The molecule has 0 spiro atoms. The van der Waals surface area contributed by atoms with Crippen molar-refractivity contribution in [1.29, 1.82) is 0 Å². The first-order valence-corrected chi connectivity index (χ1v) is 7.46. The highest BCUT2D eigenvalue weighted by Gasteiger charge is 2.21. The Morgan fingerprint density at radius 1 is 1.21 bits per heavy atom. The van der Waals surface area contributed by atoms with Gasteiger partial charge < -0.3 is 5.32 Å². The first kappa shape index (κ1) is 12.7. The average Bonchev–Trinajstić information content (AvgIpc) is 2.93. The summed E-state index contributed by atoms with van der Waals surface area (Å²) < 4.78 is 0. The van der Waals surface area contributed by atoms with E-state index in [1.54, 1.807) is 0 Å². The summed E-state index contributed by atoms with van der Waals surface area (Å²) in [4.78, 5) is 7.09. The summed E-state index contributed by atoms with van der Waals surface area (Å²) in [5.41, 5.74) is 1.42. The van der Waals surface area contributed by atoms with Crippen LogP contribution in [-0.4, -0.2) is 36.4 Å². The molecule has 0 aliphatic carbocycles. The van der Waals surface area contributed by atoms with Gasteiger partial charge in [0.1, 0.15) is 0 Å². The molecule has 2 heterocycles. The SMILES string of the molecule is c1ccc(CN2CCCC(NC3=NCCC3)C2)cc1. The van der Waals surface area contributed by atoms with E-state index in [1.165, 1.54) is 37.2 Å².